The third kappa shape index (κ3) is 10.7. The maximum absolute atomic E-state index is 12.2. The number of nitrogens with one attached hydrogen (secondary N) is 1. The van der Waals surface area contributed by atoms with Crippen LogP contribution in [-0.2, 0) is 20.1 Å². The van der Waals surface area contributed by atoms with E-state index in [-0.39, 0.29) is 68.1 Å². The van der Waals surface area contributed by atoms with Crippen LogP contribution < -0.4 is 21.5 Å². The van der Waals surface area contributed by atoms with Crippen LogP contribution in [0.15, 0.2) is 58.9 Å². The van der Waals surface area contributed by atoms with Crippen molar-refractivity contribution < 1.29 is 24.2 Å². The Hall–Kier alpha value is -4.12. The van der Waals surface area contributed by atoms with Crippen molar-refractivity contribution in [3.8, 4) is 39.6 Å². The molecule has 0 aliphatic heterocycles. The predicted octanol–water partition coefficient (Wildman–Crippen LogP) is 5.30. The number of anilines is 1. The largest absolute Gasteiger partial charge is 0.490 e. The summed E-state index contributed by atoms with van der Waals surface area (Å²) in [6.07, 6.45) is -0.438. The Labute approximate surface area is 302 Å². The van der Waals surface area contributed by atoms with Gasteiger partial charge in [-0.2, -0.15) is 10.5 Å². The van der Waals surface area contributed by atoms with Gasteiger partial charge in [-0.15, -0.1) is 36.2 Å². The molecule has 48 heavy (non-hydrogen) atoms. The van der Waals surface area contributed by atoms with Crippen LogP contribution >= 0.6 is 59.5 Å². The van der Waals surface area contributed by atoms with Crippen molar-refractivity contribution in [2.45, 2.75) is 23.2 Å². The van der Waals surface area contributed by atoms with Crippen LogP contribution in [0.3, 0.4) is 0 Å². The molecule has 0 radical (unpaired) electrons. The average molecular weight is 751 g/mol. The minimum Gasteiger partial charge on any atom is -0.490 e. The summed E-state index contributed by atoms with van der Waals surface area (Å²) in [7, 11) is 0. The Kier molecular flexibility index (Phi) is 16.4. The fraction of sp³-hybridized carbons (Fsp3) is 0.226. The third-order valence-corrected chi connectivity index (χ3v) is 8.55. The van der Waals surface area contributed by atoms with Crippen LogP contribution in [0.2, 0.25) is 5.02 Å². The second-order valence-electron chi connectivity index (χ2n) is 9.52. The van der Waals surface area contributed by atoms with Crippen LogP contribution in [-0.4, -0.2) is 59.4 Å². The molecule has 0 fully saturated rings. The fourth-order valence-electron chi connectivity index (χ4n) is 4.22. The molecular formula is C31H30Cl3N7O5S2. The van der Waals surface area contributed by atoms with Gasteiger partial charge in [0.25, 0.3) is 0 Å². The molecule has 0 unspecified atom stereocenters. The number of rotatable bonds is 15. The number of benzene rings is 2. The first-order valence-corrected chi connectivity index (χ1v) is 16.0. The molecule has 1 atom stereocenters. The molecule has 252 valence electrons. The van der Waals surface area contributed by atoms with Gasteiger partial charge in [-0.1, -0.05) is 47.6 Å². The van der Waals surface area contributed by atoms with Gasteiger partial charge in [-0.25, -0.2) is 9.97 Å². The van der Waals surface area contributed by atoms with E-state index in [4.69, 9.17) is 37.6 Å². The lowest BCUT2D eigenvalue weighted by atomic mass is 9.97. The number of aliphatic carboxylic acids is 1. The quantitative estimate of drug-likeness (QED) is 0.0691. The molecule has 2 aromatic heterocycles. The van der Waals surface area contributed by atoms with E-state index in [1.165, 1.54) is 23.1 Å². The highest BCUT2D eigenvalue weighted by Gasteiger charge is 2.23. The maximum atomic E-state index is 12.2. The van der Waals surface area contributed by atoms with Crippen molar-refractivity contribution in [2.75, 3.05) is 32.0 Å². The van der Waals surface area contributed by atoms with E-state index in [1.807, 2.05) is 17.5 Å². The highest BCUT2D eigenvalue weighted by atomic mass is 35.5. The van der Waals surface area contributed by atoms with Crippen molar-refractivity contribution in [3.05, 3.63) is 75.8 Å². The summed E-state index contributed by atoms with van der Waals surface area (Å²) >= 11 is 8.78. The van der Waals surface area contributed by atoms with Crippen LogP contribution in [0.5, 0.6) is 5.75 Å². The van der Waals surface area contributed by atoms with Gasteiger partial charge < -0.3 is 31.4 Å². The molecule has 4 aromatic rings. The maximum Gasteiger partial charge on any atom is 0.323 e. The minimum absolute atomic E-state index is 0. The monoisotopic (exact) mass is 749 g/mol. The van der Waals surface area contributed by atoms with Crippen molar-refractivity contribution in [3.63, 3.8) is 0 Å². The lowest BCUT2D eigenvalue weighted by molar-refractivity contribution is -0.151. The van der Waals surface area contributed by atoms with Crippen LogP contribution in [0.4, 0.5) is 5.82 Å². The number of hydrogen-bond donors (Lipinski definition) is 4. The van der Waals surface area contributed by atoms with Gasteiger partial charge in [0, 0.05) is 40.4 Å². The second-order valence-corrected chi connectivity index (χ2v) is 11.8. The number of hydrogen-bond acceptors (Lipinski definition) is 13. The summed E-state index contributed by atoms with van der Waals surface area (Å²) in [5.74, 6) is -0.996. The number of nitrogens with two attached hydrogens (primary N) is 2. The third-order valence-electron chi connectivity index (χ3n) is 6.35. The Bertz CT molecular complexity index is 1780. The van der Waals surface area contributed by atoms with E-state index in [9.17, 15) is 20.1 Å². The summed E-state index contributed by atoms with van der Waals surface area (Å²) in [6.45, 7) is 0.394. The zero-order valence-electron chi connectivity index (χ0n) is 25.1. The number of ether oxygens (including phenoxy) is 2. The summed E-state index contributed by atoms with van der Waals surface area (Å²) in [5.41, 5.74) is 14.5. The number of nitrogen functional groups attached to an aromatic ring is 1. The number of carbonyl (C=O) groups excluding carboxylic acids is 1. The lowest BCUT2D eigenvalue weighted by Gasteiger charge is -2.16. The number of aromatic nitrogens is 2. The summed E-state index contributed by atoms with van der Waals surface area (Å²) < 4.78 is 10.8. The second kappa shape index (κ2) is 19.6. The highest BCUT2D eigenvalue weighted by Crippen LogP contribution is 2.37. The molecule has 0 saturated heterocycles. The number of esters is 1. The van der Waals surface area contributed by atoms with Crippen LogP contribution in [0.25, 0.3) is 21.7 Å². The first-order valence-electron chi connectivity index (χ1n) is 13.8. The van der Waals surface area contributed by atoms with Gasteiger partial charge in [0.05, 0.1) is 17.7 Å². The number of carboxylic acids is 1. The number of thiazole rings is 1. The summed E-state index contributed by atoms with van der Waals surface area (Å²) in [5, 5.41) is 35.6. The SMILES string of the molecule is Cl.Cl.N#Cc1c(N)nc(SCc2csc(-c3ccc(Cl)cc3)n2)c(C#N)c1-c1ccc(OCCOC(=O)[C@H](CC(=O)O)NCCN)cc1. The minimum atomic E-state index is -1.15. The smallest absolute Gasteiger partial charge is 0.323 e. The first-order chi connectivity index (χ1) is 22.2. The number of thioether (sulfide) groups is 1. The molecule has 12 nitrogen and oxygen atoms in total. The molecule has 4 rings (SSSR count). The molecule has 2 heterocycles. The van der Waals surface area contributed by atoms with E-state index in [2.05, 4.69) is 27.4 Å². The molecule has 6 N–H and O–H groups in total. The van der Waals surface area contributed by atoms with E-state index in [0.717, 1.165) is 16.3 Å². The van der Waals surface area contributed by atoms with Gasteiger partial charge in [0.15, 0.2) is 0 Å². The normalized spacial score (nSPS) is 10.8. The van der Waals surface area contributed by atoms with Gasteiger partial charge >= 0.3 is 11.9 Å². The topological polar surface area (TPSA) is 210 Å². The average Bonchev–Trinajstić information content (AvgIpc) is 3.53. The lowest BCUT2D eigenvalue weighted by Crippen LogP contribution is -2.42. The van der Waals surface area contributed by atoms with Crippen LogP contribution in [0.1, 0.15) is 23.2 Å². The Morgan fingerprint density at radius 1 is 1.02 bits per heavy atom. The molecule has 0 amide bonds. The zero-order chi connectivity index (χ0) is 33.1. The van der Waals surface area contributed by atoms with E-state index < -0.39 is 24.4 Å². The van der Waals surface area contributed by atoms with Crippen LogP contribution in [0, 0.1) is 22.7 Å². The molecule has 0 aliphatic carbocycles. The summed E-state index contributed by atoms with van der Waals surface area (Å²) in [6, 6.07) is 17.3. The molecule has 2 aromatic carbocycles. The zero-order valence-corrected chi connectivity index (χ0v) is 29.1. The molecule has 0 saturated carbocycles. The Balaban J connectivity index is 0.00000400. The van der Waals surface area contributed by atoms with Crippen molar-refractivity contribution in [1.29, 1.82) is 10.5 Å². The van der Waals surface area contributed by atoms with Crippen molar-refractivity contribution in [1.82, 2.24) is 15.3 Å². The van der Waals surface area contributed by atoms with E-state index in [1.54, 1.807) is 36.4 Å². The molecule has 0 spiro atoms. The summed E-state index contributed by atoms with van der Waals surface area (Å²) in [4.78, 5) is 32.3. The number of nitrogens with zero attached hydrogens (tertiary/aromatic N) is 4. The molecule has 0 aliphatic rings. The number of halogens is 3. The molecule has 0 bridgehead atoms. The number of nitriles is 2. The van der Waals surface area contributed by atoms with Crippen molar-refractivity contribution >= 4 is 77.3 Å². The Morgan fingerprint density at radius 3 is 2.31 bits per heavy atom. The van der Waals surface area contributed by atoms with E-state index >= 15 is 0 Å². The Morgan fingerprint density at radius 2 is 1.69 bits per heavy atom. The van der Waals surface area contributed by atoms with E-state index in [0.29, 0.717) is 32.7 Å². The van der Waals surface area contributed by atoms with Gasteiger partial charge in [-0.3, -0.25) is 9.59 Å². The van der Waals surface area contributed by atoms with Gasteiger partial charge in [0.2, 0.25) is 0 Å². The highest BCUT2D eigenvalue weighted by molar-refractivity contribution is 7.98. The number of carboxylic acid groups (broad SMARTS) is 1. The number of pyridine rings is 1. The molecular weight excluding hydrogens is 721 g/mol. The van der Waals surface area contributed by atoms with Gasteiger partial charge in [-0.05, 0) is 29.8 Å². The molecule has 17 heteroatoms. The fourth-order valence-corrected chi connectivity index (χ4v) is 6.17. The number of carbonyl (C=O) groups is 2. The first kappa shape index (κ1) is 40.1. The standard InChI is InChI=1S/C31H28ClN7O5S2.2ClH/c32-20-5-1-19(2-6-20)29-38-21(16-45-29)17-46-30-24(15-35)27(23(14-34)28(36)39-30)18-3-7-22(8-4-18)43-11-12-44-31(42)25(13-26(40)41)37-10-9-33;;/h1-8,16,25,37H,9-13,17,33H2,(H2,36,39)(H,40,41);2*1H/t25-;;/m0../s1. The predicted molar refractivity (Wildman–Crippen MR) is 190 cm³/mol. The van der Waals surface area contributed by atoms with Gasteiger partial charge in [0.1, 0.15) is 58.6 Å². The van der Waals surface area contributed by atoms with Crippen molar-refractivity contribution in [2.24, 2.45) is 5.73 Å².